The maximum Gasteiger partial charge on any atom is 0.231 e. The monoisotopic (exact) mass is 469 g/mol. The number of ether oxygens (including phenoxy) is 3. The Morgan fingerprint density at radius 2 is 1.89 bits per heavy atom. The molecule has 0 aliphatic carbocycles. The summed E-state index contributed by atoms with van der Waals surface area (Å²) in [5.41, 5.74) is 5.10. The van der Waals surface area contributed by atoms with Crippen molar-refractivity contribution in [2.24, 2.45) is 0 Å². The summed E-state index contributed by atoms with van der Waals surface area (Å²) in [7, 11) is 0. The number of imidazole rings is 1. The molecule has 0 bridgehead atoms. The van der Waals surface area contributed by atoms with Crippen molar-refractivity contribution in [3.8, 4) is 17.2 Å². The van der Waals surface area contributed by atoms with Crippen molar-refractivity contribution in [2.75, 3.05) is 24.8 Å². The molecule has 6 rings (SSSR count). The number of carbonyl (C=O) groups is 1. The van der Waals surface area contributed by atoms with E-state index in [9.17, 15) is 4.79 Å². The molecule has 0 spiro atoms. The Balaban J connectivity index is 1.26. The van der Waals surface area contributed by atoms with E-state index in [-0.39, 0.29) is 18.6 Å². The molecule has 1 aromatic heterocycles. The highest BCUT2D eigenvalue weighted by molar-refractivity contribution is 5.97. The standard InChI is InChI=1S/C28H27N3O4/c1-18-7-8-19(2)25(13-18)33-12-11-30-23-6-4-3-5-22(23)29-28(30)20-14-27(32)31(16-20)21-9-10-24-26(15-21)35-17-34-24/h3-10,13,15,20H,11-12,14,16-17H2,1-2H3. The maximum absolute atomic E-state index is 13.0. The van der Waals surface area contributed by atoms with Gasteiger partial charge in [0.25, 0.3) is 0 Å². The van der Waals surface area contributed by atoms with Gasteiger partial charge in [-0.15, -0.1) is 0 Å². The minimum absolute atomic E-state index is 0.0129. The fourth-order valence-corrected chi connectivity index (χ4v) is 4.93. The molecule has 1 amide bonds. The number of fused-ring (bicyclic) bond motifs is 2. The Kier molecular flexibility index (Phi) is 5.32. The number of hydrogen-bond donors (Lipinski definition) is 0. The molecule has 3 heterocycles. The normalized spacial score (nSPS) is 16.9. The van der Waals surface area contributed by atoms with Gasteiger partial charge in [-0.2, -0.15) is 0 Å². The molecule has 0 saturated carbocycles. The summed E-state index contributed by atoms with van der Waals surface area (Å²) < 4.78 is 19.3. The summed E-state index contributed by atoms with van der Waals surface area (Å²) in [5, 5.41) is 0. The smallest absolute Gasteiger partial charge is 0.231 e. The van der Waals surface area contributed by atoms with Gasteiger partial charge in [0.05, 0.1) is 17.6 Å². The first-order chi connectivity index (χ1) is 17.1. The lowest BCUT2D eigenvalue weighted by atomic mass is 10.1. The lowest BCUT2D eigenvalue weighted by molar-refractivity contribution is -0.117. The molecule has 7 heteroatoms. The van der Waals surface area contributed by atoms with Crippen LogP contribution in [0.1, 0.15) is 29.3 Å². The third-order valence-electron chi connectivity index (χ3n) is 6.76. The summed E-state index contributed by atoms with van der Waals surface area (Å²) in [4.78, 5) is 19.8. The quantitative estimate of drug-likeness (QED) is 0.398. The number of hydrogen-bond acceptors (Lipinski definition) is 5. The molecule has 1 atom stereocenters. The van der Waals surface area contributed by atoms with Crippen LogP contribution in [0, 0.1) is 13.8 Å². The van der Waals surface area contributed by atoms with Gasteiger partial charge in [0.2, 0.25) is 12.7 Å². The van der Waals surface area contributed by atoms with Gasteiger partial charge in [0, 0.05) is 30.6 Å². The highest BCUT2D eigenvalue weighted by atomic mass is 16.7. The number of para-hydroxylation sites is 2. The van der Waals surface area contributed by atoms with Gasteiger partial charge in [0.15, 0.2) is 11.5 Å². The number of aryl methyl sites for hydroxylation is 2. The first-order valence-electron chi connectivity index (χ1n) is 11.9. The van der Waals surface area contributed by atoms with E-state index in [0.717, 1.165) is 33.9 Å². The van der Waals surface area contributed by atoms with Gasteiger partial charge >= 0.3 is 0 Å². The Labute approximate surface area is 203 Å². The SMILES string of the molecule is Cc1ccc(C)c(OCCn2c(C3CC(=O)N(c4ccc5c(c4)OCO5)C3)nc3ccccc32)c1. The zero-order valence-corrected chi connectivity index (χ0v) is 19.9. The van der Waals surface area contributed by atoms with Gasteiger partial charge in [-0.3, -0.25) is 4.79 Å². The molecule has 0 N–H and O–H groups in total. The van der Waals surface area contributed by atoms with Crippen molar-refractivity contribution in [3.63, 3.8) is 0 Å². The summed E-state index contributed by atoms with van der Waals surface area (Å²) in [6.45, 7) is 6.07. The van der Waals surface area contributed by atoms with E-state index in [0.29, 0.717) is 37.6 Å². The van der Waals surface area contributed by atoms with Crippen molar-refractivity contribution < 1.29 is 19.0 Å². The van der Waals surface area contributed by atoms with Crippen LogP contribution in [-0.2, 0) is 11.3 Å². The van der Waals surface area contributed by atoms with Gasteiger partial charge in [-0.25, -0.2) is 4.98 Å². The topological polar surface area (TPSA) is 65.8 Å². The molecule has 178 valence electrons. The van der Waals surface area contributed by atoms with E-state index >= 15 is 0 Å². The summed E-state index contributed by atoms with van der Waals surface area (Å²) in [6.07, 6.45) is 0.412. The number of rotatable bonds is 6. The molecular formula is C28H27N3O4. The summed E-state index contributed by atoms with van der Waals surface area (Å²) >= 11 is 0. The minimum Gasteiger partial charge on any atom is -0.491 e. The van der Waals surface area contributed by atoms with Crippen molar-refractivity contribution >= 4 is 22.6 Å². The van der Waals surface area contributed by atoms with Gasteiger partial charge in [-0.05, 0) is 55.3 Å². The number of nitrogens with zero attached hydrogens (tertiary/aromatic N) is 3. The van der Waals surface area contributed by atoms with Gasteiger partial charge < -0.3 is 23.7 Å². The molecule has 3 aromatic carbocycles. The number of anilines is 1. The molecule has 2 aliphatic rings. The van der Waals surface area contributed by atoms with Crippen molar-refractivity contribution in [1.82, 2.24) is 9.55 Å². The van der Waals surface area contributed by atoms with E-state index in [1.165, 1.54) is 5.56 Å². The molecular weight excluding hydrogens is 442 g/mol. The minimum atomic E-state index is -0.0129. The lowest BCUT2D eigenvalue weighted by Crippen LogP contribution is -2.24. The van der Waals surface area contributed by atoms with Crippen molar-refractivity contribution in [1.29, 1.82) is 0 Å². The predicted molar refractivity (Wildman–Crippen MR) is 133 cm³/mol. The highest BCUT2D eigenvalue weighted by Crippen LogP contribution is 2.39. The second kappa shape index (κ2) is 8.65. The van der Waals surface area contributed by atoms with Crippen LogP contribution in [0.3, 0.4) is 0 Å². The molecule has 1 unspecified atom stereocenters. The van der Waals surface area contributed by atoms with Crippen LogP contribution >= 0.6 is 0 Å². The average Bonchev–Trinajstić information content (AvgIpc) is 3.57. The zero-order chi connectivity index (χ0) is 23.9. The maximum atomic E-state index is 13.0. The predicted octanol–water partition coefficient (Wildman–Crippen LogP) is 4.98. The van der Waals surface area contributed by atoms with Crippen molar-refractivity contribution in [2.45, 2.75) is 32.7 Å². The molecule has 0 radical (unpaired) electrons. The number of amides is 1. The highest BCUT2D eigenvalue weighted by Gasteiger charge is 2.35. The van der Waals surface area contributed by atoms with Crippen LogP contribution in [0.25, 0.3) is 11.0 Å². The van der Waals surface area contributed by atoms with Crippen LogP contribution in [0.4, 0.5) is 5.69 Å². The summed E-state index contributed by atoms with van der Waals surface area (Å²) in [5.74, 6) is 3.28. The van der Waals surface area contributed by atoms with Crippen molar-refractivity contribution in [3.05, 3.63) is 77.6 Å². The van der Waals surface area contributed by atoms with Crippen LogP contribution in [-0.4, -0.2) is 35.4 Å². The molecule has 35 heavy (non-hydrogen) atoms. The summed E-state index contributed by atoms with van der Waals surface area (Å²) in [6, 6.07) is 20.0. The second-order valence-electron chi connectivity index (χ2n) is 9.17. The molecule has 7 nitrogen and oxygen atoms in total. The fourth-order valence-electron chi connectivity index (χ4n) is 4.93. The largest absolute Gasteiger partial charge is 0.491 e. The molecule has 1 saturated heterocycles. The molecule has 2 aliphatic heterocycles. The third kappa shape index (κ3) is 3.97. The van der Waals surface area contributed by atoms with Gasteiger partial charge in [0.1, 0.15) is 18.2 Å². The van der Waals surface area contributed by atoms with Crippen LogP contribution in [0.2, 0.25) is 0 Å². The number of aromatic nitrogens is 2. The van der Waals surface area contributed by atoms with E-state index in [4.69, 9.17) is 19.2 Å². The van der Waals surface area contributed by atoms with Crippen LogP contribution in [0.5, 0.6) is 17.2 Å². The average molecular weight is 470 g/mol. The van der Waals surface area contributed by atoms with Gasteiger partial charge in [-0.1, -0.05) is 24.3 Å². The van der Waals surface area contributed by atoms with E-state index in [1.54, 1.807) is 0 Å². The Hall–Kier alpha value is -4.00. The van der Waals surface area contributed by atoms with Crippen LogP contribution < -0.4 is 19.1 Å². The Bertz CT molecular complexity index is 1430. The molecule has 4 aromatic rings. The van der Waals surface area contributed by atoms with Crippen LogP contribution in [0.15, 0.2) is 60.7 Å². The third-order valence-corrected chi connectivity index (χ3v) is 6.76. The lowest BCUT2D eigenvalue weighted by Gasteiger charge is -2.18. The Morgan fingerprint density at radius 3 is 2.80 bits per heavy atom. The van der Waals surface area contributed by atoms with E-state index < -0.39 is 0 Å². The Morgan fingerprint density at radius 1 is 1.03 bits per heavy atom. The second-order valence-corrected chi connectivity index (χ2v) is 9.17. The first-order valence-corrected chi connectivity index (χ1v) is 11.9. The number of benzene rings is 3. The first kappa shape index (κ1) is 21.5. The fraction of sp³-hybridized carbons (Fsp3) is 0.286. The number of carbonyl (C=O) groups excluding carboxylic acids is 1. The van der Waals surface area contributed by atoms with E-state index in [1.807, 2.05) is 41.3 Å². The zero-order valence-electron chi connectivity index (χ0n) is 19.9. The molecule has 1 fully saturated rings. The van der Waals surface area contributed by atoms with E-state index in [2.05, 4.69) is 42.7 Å².